The molecule has 134 valence electrons. The van der Waals surface area contributed by atoms with Crippen LogP contribution in [0.1, 0.15) is 11.1 Å². The topological polar surface area (TPSA) is 40.5 Å². The third-order valence-corrected chi connectivity index (χ3v) is 5.38. The Kier molecular flexibility index (Phi) is 4.03. The standard InChI is InChI=1S/C17H12BrF3N4S/c18-12-7-11(1-2-13(12)19)17(10-3-5-22-6-4-10)14-23-8-16(20,21)9-25(14)15(26)24-17/h1-7H,8-9H2,(H,24,26). The molecule has 1 N–H and O–H groups in total. The maximum atomic E-state index is 13.9. The van der Waals surface area contributed by atoms with Crippen LogP contribution in [0.2, 0.25) is 0 Å². The molecular formula is C17H12BrF3N4S. The molecule has 0 spiro atoms. The van der Waals surface area contributed by atoms with Gasteiger partial charge in [0, 0.05) is 12.4 Å². The van der Waals surface area contributed by atoms with E-state index < -0.39 is 30.4 Å². The smallest absolute Gasteiger partial charge is 0.284 e. The van der Waals surface area contributed by atoms with Gasteiger partial charge in [-0.25, -0.2) is 13.2 Å². The van der Waals surface area contributed by atoms with E-state index in [0.29, 0.717) is 11.4 Å². The van der Waals surface area contributed by atoms with Crippen molar-refractivity contribution in [3.63, 3.8) is 0 Å². The van der Waals surface area contributed by atoms with Crippen molar-refractivity contribution in [1.82, 2.24) is 15.2 Å². The van der Waals surface area contributed by atoms with Crippen molar-refractivity contribution in [1.29, 1.82) is 0 Å². The van der Waals surface area contributed by atoms with Gasteiger partial charge in [0.2, 0.25) is 0 Å². The summed E-state index contributed by atoms with van der Waals surface area (Å²) >= 11 is 8.52. The van der Waals surface area contributed by atoms with Crippen LogP contribution in [-0.4, -0.2) is 39.8 Å². The maximum Gasteiger partial charge on any atom is 0.284 e. The predicted octanol–water partition coefficient (Wildman–Crippen LogP) is 3.46. The van der Waals surface area contributed by atoms with Crippen LogP contribution >= 0.6 is 28.1 Å². The maximum absolute atomic E-state index is 13.9. The first-order valence-electron chi connectivity index (χ1n) is 7.72. The molecule has 0 bridgehead atoms. The summed E-state index contributed by atoms with van der Waals surface area (Å²) in [5.74, 6) is -3.02. The highest BCUT2D eigenvalue weighted by molar-refractivity contribution is 9.10. The van der Waals surface area contributed by atoms with Crippen molar-refractivity contribution < 1.29 is 13.2 Å². The van der Waals surface area contributed by atoms with Crippen LogP contribution in [0.15, 0.2) is 52.2 Å². The SMILES string of the molecule is Fc1ccc(C2(c3ccncc3)NC(=S)N3CC(F)(F)CN=C32)cc1Br. The van der Waals surface area contributed by atoms with E-state index in [1.165, 1.54) is 11.0 Å². The fraction of sp³-hybridized carbons (Fsp3) is 0.235. The van der Waals surface area contributed by atoms with Gasteiger partial charge < -0.3 is 5.32 Å². The lowest BCUT2D eigenvalue weighted by Gasteiger charge is -2.35. The van der Waals surface area contributed by atoms with Crippen LogP contribution in [0.25, 0.3) is 0 Å². The first-order chi connectivity index (χ1) is 12.3. The third-order valence-electron chi connectivity index (χ3n) is 4.45. The highest BCUT2D eigenvalue weighted by Crippen LogP contribution is 2.40. The molecule has 0 saturated carbocycles. The third kappa shape index (κ3) is 2.61. The van der Waals surface area contributed by atoms with E-state index in [4.69, 9.17) is 12.2 Å². The quantitative estimate of drug-likeness (QED) is 0.725. The van der Waals surface area contributed by atoms with Crippen LogP contribution in [0.5, 0.6) is 0 Å². The van der Waals surface area contributed by atoms with Gasteiger partial charge in [-0.1, -0.05) is 6.07 Å². The first-order valence-corrected chi connectivity index (χ1v) is 8.92. The zero-order valence-electron chi connectivity index (χ0n) is 13.2. The molecule has 9 heteroatoms. The molecule has 1 fully saturated rings. The average Bonchev–Trinajstić information content (AvgIpc) is 2.90. The van der Waals surface area contributed by atoms with Gasteiger partial charge in [-0.2, -0.15) is 0 Å². The van der Waals surface area contributed by atoms with E-state index in [9.17, 15) is 13.2 Å². The summed E-state index contributed by atoms with van der Waals surface area (Å²) in [5.41, 5.74) is 0.262. The monoisotopic (exact) mass is 440 g/mol. The Morgan fingerprint density at radius 2 is 1.88 bits per heavy atom. The molecule has 2 aromatic rings. The molecule has 1 saturated heterocycles. The number of alkyl halides is 2. The number of hydrogen-bond donors (Lipinski definition) is 1. The summed E-state index contributed by atoms with van der Waals surface area (Å²) in [4.78, 5) is 9.50. The molecule has 1 atom stereocenters. The molecule has 0 amide bonds. The Balaban J connectivity index is 1.97. The van der Waals surface area contributed by atoms with Gasteiger partial charge in [0.05, 0.1) is 11.0 Å². The number of hydrogen-bond acceptors (Lipinski definition) is 3. The Morgan fingerprint density at radius 3 is 2.58 bits per heavy atom. The highest BCUT2D eigenvalue weighted by atomic mass is 79.9. The second kappa shape index (κ2) is 6.02. The van der Waals surface area contributed by atoms with Crippen molar-refractivity contribution >= 4 is 39.1 Å². The number of rotatable bonds is 2. The van der Waals surface area contributed by atoms with E-state index in [0.717, 1.165) is 5.56 Å². The fourth-order valence-corrected chi connectivity index (χ4v) is 3.99. The van der Waals surface area contributed by atoms with Gasteiger partial charge in [-0.05, 0) is 63.5 Å². The summed E-state index contributed by atoms with van der Waals surface area (Å²) in [5, 5.41) is 3.30. The number of thiocarbonyl (C=S) groups is 1. The van der Waals surface area contributed by atoms with Crippen molar-refractivity contribution in [2.24, 2.45) is 4.99 Å². The van der Waals surface area contributed by atoms with Crippen molar-refractivity contribution in [3.05, 3.63) is 64.1 Å². The number of halogens is 4. The van der Waals surface area contributed by atoms with Gasteiger partial charge in [-0.3, -0.25) is 14.9 Å². The molecule has 0 radical (unpaired) electrons. The summed E-state index contributed by atoms with van der Waals surface area (Å²) in [6, 6.07) is 8.02. The minimum absolute atomic E-state index is 0.153. The predicted molar refractivity (Wildman–Crippen MR) is 98.8 cm³/mol. The summed E-state index contributed by atoms with van der Waals surface area (Å²) in [7, 11) is 0. The van der Waals surface area contributed by atoms with Crippen LogP contribution < -0.4 is 5.32 Å². The van der Waals surface area contributed by atoms with Gasteiger partial charge in [0.1, 0.15) is 23.7 Å². The molecule has 1 aromatic heterocycles. The fourth-order valence-electron chi connectivity index (χ4n) is 3.31. The lowest BCUT2D eigenvalue weighted by molar-refractivity contribution is -0.00368. The molecule has 26 heavy (non-hydrogen) atoms. The largest absolute Gasteiger partial charge is 0.342 e. The molecule has 2 aliphatic heterocycles. The van der Waals surface area contributed by atoms with E-state index in [-0.39, 0.29) is 9.59 Å². The lowest BCUT2D eigenvalue weighted by Crippen LogP contribution is -2.50. The van der Waals surface area contributed by atoms with Gasteiger partial charge in [0.15, 0.2) is 5.11 Å². The van der Waals surface area contributed by atoms with E-state index in [1.807, 2.05) is 0 Å². The number of amidine groups is 1. The highest BCUT2D eigenvalue weighted by Gasteiger charge is 2.54. The molecule has 0 aliphatic carbocycles. The zero-order chi connectivity index (χ0) is 18.5. The molecule has 3 heterocycles. The number of aliphatic imine (C=N–C) groups is 1. The molecular weight excluding hydrogens is 429 g/mol. The van der Waals surface area contributed by atoms with E-state index in [1.54, 1.807) is 36.7 Å². The number of nitrogens with zero attached hydrogens (tertiary/aromatic N) is 3. The zero-order valence-corrected chi connectivity index (χ0v) is 15.6. The molecule has 4 rings (SSSR count). The summed E-state index contributed by atoms with van der Waals surface area (Å²) in [6.07, 6.45) is 3.20. The van der Waals surface area contributed by atoms with Crippen LogP contribution in [0, 0.1) is 5.82 Å². The number of fused-ring (bicyclic) bond motifs is 1. The average molecular weight is 441 g/mol. The second-order valence-electron chi connectivity index (χ2n) is 6.13. The van der Waals surface area contributed by atoms with E-state index in [2.05, 4.69) is 31.2 Å². The minimum atomic E-state index is -2.97. The van der Waals surface area contributed by atoms with Crippen molar-refractivity contribution in [2.45, 2.75) is 11.5 Å². The Labute approximate surface area is 161 Å². The van der Waals surface area contributed by atoms with Crippen molar-refractivity contribution in [2.75, 3.05) is 13.1 Å². The normalized spacial score (nSPS) is 24.1. The second-order valence-corrected chi connectivity index (χ2v) is 7.37. The molecule has 1 aromatic carbocycles. The van der Waals surface area contributed by atoms with Gasteiger partial charge in [-0.15, -0.1) is 0 Å². The first kappa shape index (κ1) is 17.4. The summed E-state index contributed by atoms with van der Waals surface area (Å²) < 4.78 is 41.8. The number of benzene rings is 1. The Bertz CT molecular complexity index is 921. The Hall–Kier alpha value is -2.00. The van der Waals surface area contributed by atoms with Crippen LogP contribution in [0.3, 0.4) is 0 Å². The van der Waals surface area contributed by atoms with Gasteiger partial charge in [0.25, 0.3) is 5.92 Å². The van der Waals surface area contributed by atoms with Crippen LogP contribution in [-0.2, 0) is 5.54 Å². The molecule has 1 unspecified atom stereocenters. The van der Waals surface area contributed by atoms with Gasteiger partial charge >= 0.3 is 0 Å². The van der Waals surface area contributed by atoms with Crippen molar-refractivity contribution in [3.8, 4) is 0 Å². The van der Waals surface area contributed by atoms with Crippen LogP contribution in [0.4, 0.5) is 13.2 Å². The lowest BCUT2D eigenvalue weighted by atomic mass is 9.82. The molecule has 2 aliphatic rings. The van der Waals surface area contributed by atoms with E-state index >= 15 is 0 Å². The summed E-state index contributed by atoms with van der Waals surface area (Å²) in [6.45, 7) is -1.18. The number of nitrogens with one attached hydrogen (secondary N) is 1. The molecule has 4 nitrogen and oxygen atoms in total. The Morgan fingerprint density at radius 1 is 1.15 bits per heavy atom. The minimum Gasteiger partial charge on any atom is -0.342 e. The number of aromatic nitrogens is 1. The number of pyridine rings is 1.